The van der Waals surface area contributed by atoms with Gasteiger partial charge in [0.25, 0.3) is 0 Å². The van der Waals surface area contributed by atoms with E-state index in [-0.39, 0.29) is 48.7 Å². The van der Waals surface area contributed by atoms with Crippen LogP contribution in [0.15, 0.2) is 85.0 Å². The summed E-state index contributed by atoms with van der Waals surface area (Å²) in [5.41, 5.74) is 4.22. The lowest BCUT2D eigenvalue weighted by atomic mass is 9.77. The predicted octanol–water partition coefficient (Wildman–Crippen LogP) is 6.60. The maximum Gasteiger partial charge on any atom is 0.333 e. The Morgan fingerprint density at radius 2 is 0.898 bits per heavy atom. The molecule has 2 unspecified atom stereocenters. The SMILES string of the molecule is C=C(C)C(=O)OCC(COc1ccc(C(C)(C)c2ccc(OCC(COC(=O)C(=C)C)OC(=O)C(=C)C)c(C)c2)cc1C)OC(=O)C(=C)C. The zero-order valence-electron chi connectivity index (χ0n) is 29.9. The molecule has 0 N–H and O–H groups in total. The van der Waals surface area contributed by atoms with Crippen molar-refractivity contribution in [2.75, 3.05) is 26.4 Å². The van der Waals surface area contributed by atoms with Crippen LogP contribution in [0.5, 0.6) is 11.5 Å². The van der Waals surface area contributed by atoms with E-state index in [0.29, 0.717) is 11.5 Å². The van der Waals surface area contributed by atoms with Crippen LogP contribution in [0.25, 0.3) is 0 Å². The predicted molar refractivity (Wildman–Crippen MR) is 186 cm³/mol. The number of carbonyl (C=O) groups is 4. The summed E-state index contributed by atoms with van der Waals surface area (Å²) in [5.74, 6) is -1.25. The highest BCUT2D eigenvalue weighted by Gasteiger charge is 2.26. The molecular formula is C39H48O10. The van der Waals surface area contributed by atoms with E-state index in [1.165, 1.54) is 27.7 Å². The average Bonchev–Trinajstić information content (AvgIpc) is 3.03. The highest BCUT2D eigenvalue weighted by atomic mass is 16.6. The Balaban J connectivity index is 2.17. The quantitative estimate of drug-likeness (QED) is 0.0969. The van der Waals surface area contributed by atoms with E-state index in [4.69, 9.17) is 28.4 Å². The summed E-state index contributed by atoms with van der Waals surface area (Å²) in [6.07, 6.45) is -1.71. The highest BCUT2D eigenvalue weighted by molar-refractivity contribution is 5.88. The van der Waals surface area contributed by atoms with Gasteiger partial charge in [0, 0.05) is 27.7 Å². The fourth-order valence-electron chi connectivity index (χ4n) is 4.25. The van der Waals surface area contributed by atoms with Crippen LogP contribution in [0, 0.1) is 13.8 Å². The minimum absolute atomic E-state index is 0.0453. The van der Waals surface area contributed by atoms with Crippen LogP contribution < -0.4 is 9.47 Å². The van der Waals surface area contributed by atoms with E-state index in [9.17, 15) is 19.2 Å². The van der Waals surface area contributed by atoms with Crippen molar-refractivity contribution in [3.05, 3.63) is 107 Å². The molecule has 0 fully saturated rings. The van der Waals surface area contributed by atoms with Crippen molar-refractivity contribution in [1.29, 1.82) is 0 Å². The van der Waals surface area contributed by atoms with Gasteiger partial charge in [-0.2, -0.15) is 0 Å². The van der Waals surface area contributed by atoms with Gasteiger partial charge in [0.15, 0.2) is 12.2 Å². The fourth-order valence-corrected chi connectivity index (χ4v) is 4.25. The van der Waals surface area contributed by atoms with Crippen molar-refractivity contribution in [3.8, 4) is 11.5 Å². The zero-order chi connectivity index (χ0) is 37.1. The minimum Gasteiger partial charge on any atom is -0.489 e. The lowest BCUT2D eigenvalue weighted by Gasteiger charge is -2.28. The van der Waals surface area contributed by atoms with Crippen molar-refractivity contribution in [3.63, 3.8) is 0 Å². The Morgan fingerprint density at radius 1 is 0.571 bits per heavy atom. The van der Waals surface area contributed by atoms with E-state index in [1.54, 1.807) is 0 Å². The molecule has 0 heterocycles. The smallest absolute Gasteiger partial charge is 0.333 e. The Morgan fingerprint density at radius 3 is 1.18 bits per heavy atom. The second kappa shape index (κ2) is 17.9. The number of esters is 4. The van der Waals surface area contributed by atoms with E-state index in [0.717, 1.165) is 22.3 Å². The molecule has 2 rings (SSSR count). The Bertz CT molecular complexity index is 1500. The molecule has 2 atom stereocenters. The van der Waals surface area contributed by atoms with Crippen molar-refractivity contribution >= 4 is 23.9 Å². The van der Waals surface area contributed by atoms with Gasteiger partial charge in [-0.05, 0) is 75.9 Å². The van der Waals surface area contributed by atoms with Crippen molar-refractivity contribution < 1.29 is 47.6 Å². The molecule has 0 spiro atoms. The van der Waals surface area contributed by atoms with Gasteiger partial charge < -0.3 is 28.4 Å². The number of aryl methyl sites for hydroxylation is 2. The number of benzene rings is 2. The Kier molecular flexibility index (Phi) is 14.6. The summed E-state index contributed by atoms with van der Waals surface area (Å²) in [5, 5.41) is 0. The molecule has 0 saturated heterocycles. The number of carbonyl (C=O) groups excluding carboxylic acids is 4. The summed E-state index contributed by atoms with van der Waals surface area (Å²) in [4.78, 5) is 48.1. The van der Waals surface area contributed by atoms with E-state index < -0.39 is 41.5 Å². The Labute approximate surface area is 289 Å². The first-order chi connectivity index (χ1) is 22.8. The second-order valence-electron chi connectivity index (χ2n) is 12.6. The summed E-state index contributed by atoms with van der Waals surface area (Å²) in [7, 11) is 0. The summed E-state index contributed by atoms with van der Waals surface area (Å²) in [6.45, 7) is 28.0. The number of rotatable bonds is 18. The third-order valence-corrected chi connectivity index (χ3v) is 7.38. The van der Waals surface area contributed by atoms with E-state index >= 15 is 0 Å². The minimum atomic E-state index is -0.855. The van der Waals surface area contributed by atoms with Gasteiger partial charge >= 0.3 is 23.9 Å². The molecule has 0 aliphatic rings. The van der Waals surface area contributed by atoms with Crippen molar-refractivity contribution in [1.82, 2.24) is 0 Å². The maximum absolute atomic E-state index is 12.2. The maximum atomic E-state index is 12.2. The summed E-state index contributed by atoms with van der Waals surface area (Å²) < 4.78 is 33.2. The number of ether oxygens (including phenoxy) is 6. The van der Waals surface area contributed by atoms with Crippen LogP contribution in [0.4, 0.5) is 0 Å². The highest BCUT2D eigenvalue weighted by Crippen LogP contribution is 2.36. The molecule has 2 aromatic rings. The molecule has 49 heavy (non-hydrogen) atoms. The van der Waals surface area contributed by atoms with E-state index in [2.05, 4.69) is 40.2 Å². The zero-order valence-corrected chi connectivity index (χ0v) is 29.9. The molecule has 0 saturated carbocycles. The Hall–Kier alpha value is -5.12. The molecule has 10 nitrogen and oxygen atoms in total. The van der Waals surface area contributed by atoms with E-state index in [1.807, 2.05) is 50.2 Å². The van der Waals surface area contributed by atoms with Crippen LogP contribution >= 0.6 is 0 Å². The van der Waals surface area contributed by atoms with Crippen LogP contribution in [0.2, 0.25) is 0 Å². The summed E-state index contributed by atoms with van der Waals surface area (Å²) >= 11 is 0. The fraction of sp³-hybridized carbons (Fsp3) is 0.385. The molecule has 264 valence electrons. The second-order valence-corrected chi connectivity index (χ2v) is 12.6. The van der Waals surface area contributed by atoms with Gasteiger partial charge in [-0.15, -0.1) is 0 Å². The van der Waals surface area contributed by atoms with Crippen LogP contribution in [-0.4, -0.2) is 62.5 Å². The van der Waals surface area contributed by atoms with Gasteiger partial charge in [0.05, 0.1) is 0 Å². The molecule has 0 aliphatic carbocycles. The standard InChI is InChI=1S/C39H48O10/c1-23(2)35(40)46-21-31(48-37(42)25(5)6)19-44-33-15-13-29(17-27(33)9)39(11,12)30-14-16-34(28(10)18-30)45-20-32(49-38(43)26(7)8)22-47-36(41)24(3)4/h13-18,31-32H,1,3,5,7,19-22H2,2,4,6,8-12H3. The van der Waals surface area contributed by atoms with Crippen LogP contribution in [-0.2, 0) is 43.5 Å². The topological polar surface area (TPSA) is 124 Å². The number of hydrogen-bond donors (Lipinski definition) is 0. The van der Waals surface area contributed by atoms with Crippen LogP contribution in [0.3, 0.4) is 0 Å². The van der Waals surface area contributed by atoms with Crippen molar-refractivity contribution in [2.24, 2.45) is 0 Å². The molecular weight excluding hydrogens is 628 g/mol. The van der Waals surface area contributed by atoms with Gasteiger partial charge in [-0.3, -0.25) is 0 Å². The average molecular weight is 677 g/mol. The third-order valence-electron chi connectivity index (χ3n) is 7.38. The van der Waals surface area contributed by atoms with Crippen LogP contribution in [0.1, 0.15) is 63.8 Å². The first-order valence-corrected chi connectivity index (χ1v) is 15.7. The summed E-state index contributed by atoms with van der Waals surface area (Å²) in [6, 6.07) is 11.7. The molecule has 0 bridgehead atoms. The lowest BCUT2D eigenvalue weighted by molar-refractivity contribution is -0.155. The normalized spacial score (nSPS) is 12.1. The molecule has 2 aromatic carbocycles. The van der Waals surface area contributed by atoms with Gasteiger partial charge in [0.1, 0.15) is 37.9 Å². The first kappa shape index (κ1) is 40.1. The molecule has 0 radical (unpaired) electrons. The molecule has 10 heteroatoms. The van der Waals surface area contributed by atoms with Gasteiger partial charge in [-0.25, -0.2) is 19.2 Å². The molecule has 0 aliphatic heterocycles. The monoisotopic (exact) mass is 676 g/mol. The molecule has 0 aromatic heterocycles. The first-order valence-electron chi connectivity index (χ1n) is 15.7. The van der Waals surface area contributed by atoms with Gasteiger partial charge in [-0.1, -0.05) is 64.4 Å². The molecule has 0 amide bonds. The largest absolute Gasteiger partial charge is 0.489 e. The third kappa shape index (κ3) is 12.1. The van der Waals surface area contributed by atoms with Gasteiger partial charge in [0.2, 0.25) is 0 Å². The lowest BCUT2D eigenvalue weighted by Crippen LogP contribution is -2.31. The number of hydrogen-bond acceptors (Lipinski definition) is 10. The van der Waals surface area contributed by atoms with Crippen molar-refractivity contribution in [2.45, 2.75) is 73.0 Å².